The van der Waals surface area contributed by atoms with Crippen molar-refractivity contribution in [1.29, 1.82) is 0 Å². The van der Waals surface area contributed by atoms with Crippen LogP contribution in [0.25, 0.3) is 0 Å². The summed E-state index contributed by atoms with van der Waals surface area (Å²) in [5.74, 6) is 0.358. The van der Waals surface area contributed by atoms with Crippen LogP contribution in [0.2, 0.25) is 0 Å². The van der Waals surface area contributed by atoms with Gasteiger partial charge in [0.15, 0.2) is 0 Å². The Hall–Kier alpha value is -0.610. The van der Waals surface area contributed by atoms with Crippen molar-refractivity contribution in [2.24, 2.45) is 11.8 Å². The van der Waals surface area contributed by atoms with Gasteiger partial charge in [0.05, 0.1) is 13.2 Å². The molecule has 17 heavy (non-hydrogen) atoms. The molecule has 0 fully saturated rings. The lowest BCUT2D eigenvalue weighted by Crippen LogP contribution is -2.60. The summed E-state index contributed by atoms with van der Waals surface area (Å²) in [5, 5.41) is 3.32. The van der Waals surface area contributed by atoms with Gasteiger partial charge in [-0.3, -0.25) is 5.32 Å². The SMILES string of the molecule is CCOC(=O)C(COC)(NCC(C)C)C(C)C. The Kier molecular flexibility index (Phi) is 7.39. The van der Waals surface area contributed by atoms with Crippen molar-refractivity contribution in [3.05, 3.63) is 0 Å². The van der Waals surface area contributed by atoms with Crippen molar-refractivity contribution >= 4 is 5.97 Å². The first kappa shape index (κ1) is 16.4. The van der Waals surface area contributed by atoms with Gasteiger partial charge in [-0.25, -0.2) is 4.79 Å². The molecule has 0 radical (unpaired) electrons. The van der Waals surface area contributed by atoms with E-state index in [1.54, 1.807) is 7.11 Å². The van der Waals surface area contributed by atoms with Gasteiger partial charge in [0.1, 0.15) is 5.54 Å². The number of nitrogens with one attached hydrogen (secondary N) is 1. The second-order valence-corrected chi connectivity index (χ2v) is 5.05. The maximum atomic E-state index is 12.1. The first-order valence-corrected chi connectivity index (χ1v) is 6.31. The summed E-state index contributed by atoms with van der Waals surface area (Å²) in [4.78, 5) is 12.1. The van der Waals surface area contributed by atoms with E-state index in [1.807, 2.05) is 20.8 Å². The Morgan fingerprint density at radius 3 is 2.24 bits per heavy atom. The number of carbonyl (C=O) groups excluding carboxylic acids is 1. The normalized spacial score (nSPS) is 15.1. The fraction of sp³-hybridized carbons (Fsp3) is 0.923. The van der Waals surface area contributed by atoms with E-state index in [4.69, 9.17) is 9.47 Å². The molecule has 0 aliphatic rings. The van der Waals surface area contributed by atoms with E-state index < -0.39 is 5.54 Å². The van der Waals surface area contributed by atoms with Crippen LogP contribution in [0.3, 0.4) is 0 Å². The van der Waals surface area contributed by atoms with Crippen LogP contribution in [-0.2, 0) is 14.3 Å². The van der Waals surface area contributed by atoms with Gasteiger partial charge in [0.25, 0.3) is 0 Å². The Bertz CT molecular complexity index is 229. The topological polar surface area (TPSA) is 47.6 Å². The molecule has 0 heterocycles. The van der Waals surface area contributed by atoms with Gasteiger partial charge in [-0.1, -0.05) is 27.7 Å². The quantitative estimate of drug-likeness (QED) is 0.663. The Morgan fingerprint density at radius 1 is 1.29 bits per heavy atom. The predicted octanol–water partition coefficient (Wildman–Crippen LogP) is 1.84. The summed E-state index contributed by atoms with van der Waals surface area (Å²) < 4.78 is 10.4. The van der Waals surface area contributed by atoms with Crippen LogP contribution in [0.15, 0.2) is 0 Å². The third-order valence-corrected chi connectivity index (χ3v) is 2.82. The minimum absolute atomic E-state index is 0.111. The van der Waals surface area contributed by atoms with Crippen molar-refractivity contribution in [1.82, 2.24) is 5.32 Å². The number of ether oxygens (including phenoxy) is 2. The van der Waals surface area contributed by atoms with Crippen LogP contribution in [-0.4, -0.2) is 38.4 Å². The van der Waals surface area contributed by atoms with Crippen LogP contribution in [0.1, 0.15) is 34.6 Å². The van der Waals surface area contributed by atoms with E-state index in [2.05, 4.69) is 19.2 Å². The molecule has 102 valence electrons. The van der Waals surface area contributed by atoms with Gasteiger partial charge >= 0.3 is 5.97 Å². The first-order valence-electron chi connectivity index (χ1n) is 6.31. The zero-order chi connectivity index (χ0) is 13.5. The Balaban J connectivity index is 4.91. The van der Waals surface area contributed by atoms with Crippen LogP contribution < -0.4 is 5.32 Å². The van der Waals surface area contributed by atoms with Crippen LogP contribution in [0.5, 0.6) is 0 Å². The van der Waals surface area contributed by atoms with Crippen LogP contribution in [0, 0.1) is 11.8 Å². The summed E-state index contributed by atoms with van der Waals surface area (Å²) >= 11 is 0. The van der Waals surface area contributed by atoms with Gasteiger partial charge in [-0.05, 0) is 25.3 Å². The van der Waals surface area contributed by atoms with Gasteiger partial charge in [0, 0.05) is 7.11 Å². The molecular weight excluding hydrogens is 218 g/mol. The molecule has 0 aliphatic heterocycles. The standard InChI is InChI=1S/C13H27NO3/c1-7-17-12(15)13(9-16-6,11(4)5)14-8-10(2)3/h10-11,14H,7-9H2,1-6H3. The minimum atomic E-state index is -0.741. The van der Waals surface area contributed by atoms with E-state index in [9.17, 15) is 4.79 Å². The van der Waals surface area contributed by atoms with Crippen LogP contribution in [0.4, 0.5) is 0 Å². The lowest BCUT2D eigenvalue weighted by atomic mass is 9.86. The van der Waals surface area contributed by atoms with Crippen molar-refractivity contribution in [3.63, 3.8) is 0 Å². The molecule has 1 N–H and O–H groups in total. The number of carbonyl (C=O) groups is 1. The van der Waals surface area contributed by atoms with Gasteiger partial charge < -0.3 is 9.47 Å². The van der Waals surface area contributed by atoms with Gasteiger partial charge in [-0.15, -0.1) is 0 Å². The Labute approximate surface area is 105 Å². The monoisotopic (exact) mass is 245 g/mol. The van der Waals surface area contributed by atoms with Gasteiger partial charge in [0.2, 0.25) is 0 Å². The highest BCUT2D eigenvalue weighted by Gasteiger charge is 2.42. The lowest BCUT2D eigenvalue weighted by molar-refractivity contribution is -0.156. The largest absolute Gasteiger partial charge is 0.465 e. The summed E-state index contributed by atoms with van der Waals surface area (Å²) in [6.07, 6.45) is 0. The van der Waals surface area contributed by atoms with Crippen molar-refractivity contribution < 1.29 is 14.3 Å². The van der Waals surface area contributed by atoms with Crippen molar-refractivity contribution in [3.8, 4) is 0 Å². The van der Waals surface area contributed by atoms with Gasteiger partial charge in [-0.2, -0.15) is 0 Å². The molecular formula is C13H27NO3. The average molecular weight is 245 g/mol. The molecule has 0 rings (SSSR count). The molecule has 0 aliphatic carbocycles. The van der Waals surface area contributed by atoms with E-state index in [1.165, 1.54) is 0 Å². The molecule has 1 atom stereocenters. The van der Waals surface area contributed by atoms with E-state index in [0.717, 1.165) is 6.54 Å². The molecule has 0 aromatic heterocycles. The number of hydrogen-bond acceptors (Lipinski definition) is 4. The van der Waals surface area contributed by atoms with E-state index in [-0.39, 0.29) is 11.9 Å². The highest BCUT2D eigenvalue weighted by Crippen LogP contribution is 2.20. The smallest absolute Gasteiger partial charge is 0.329 e. The molecule has 0 spiro atoms. The maximum Gasteiger partial charge on any atom is 0.329 e. The molecule has 0 aromatic carbocycles. The molecule has 4 heteroatoms. The maximum absolute atomic E-state index is 12.1. The summed E-state index contributed by atoms with van der Waals surface area (Å²) in [7, 11) is 1.60. The van der Waals surface area contributed by atoms with Crippen LogP contribution >= 0.6 is 0 Å². The molecule has 0 amide bonds. The van der Waals surface area contributed by atoms with E-state index in [0.29, 0.717) is 19.1 Å². The summed E-state index contributed by atoms with van der Waals surface area (Å²) in [6.45, 7) is 11.5. The molecule has 0 saturated carbocycles. The summed E-state index contributed by atoms with van der Waals surface area (Å²) in [6, 6.07) is 0. The number of methoxy groups -OCH3 is 1. The molecule has 0 bridgehead atoms. The number of rotatable bonds is 8. The third-order valence-electron chi connectivity index (χ3n) is 2.82. The second-order valence-electron chi connectivity index (χ2n) is 5.05. The lowest BCUT2D eigenvalue weighted by Gasteiger charge is -2.36. The fourth-order valence-corrected chi connectivity index (χ4v) is 1.66. The second kappa shape index (κ2) is 7.67. The fourth-order valence-electron chi connectivity index (χ4n) is 1.66. The molecule has 1 unspecified atom stereocenters. The van der Waals surface area contributed by atoms with E-state index >= 15 is 0 Å². The zero-order valence-corrected chi connectivity index (χ0v) is 12.0. The first-order chi connectivity index (χ1) is 7.90. The van der Waals surface area contributed by atoms with Crippen molar-refractivity contribution in [2.45, 2.75) is 40.2 Å². The highest BCUT2D eigenvalue weighted by atomic mass is 16.5. The number of esters is 1. The number of hydrogen-bond donors (Lipinski definition) is 1. The minimum Gasteiger partial charge on any atom is -0.465 e. The predicted molar refractivity (Wildman–Crippen MR) is 68.9 cm³/mol. The molecule has 0 aromatic rings. The summed E-state index contributed by atoms with van der Waals surface area (Å²) in [5.41, 5.74) is -0.741. The Morgan fingerprint density at radius 2 is 1.88 bits per heavy atom. The highest BCUT2D eigenvalue weighted by molar-refractivity contribution is 5.81. The average Bonchev–Trinajstić information content (AvgIpc) is 2.23. The molecule has 4 nitrogen and oxygen atoms in total. The zero-order valence-electron chi connectivity index (χ0n) is 12.0. The molecule has 0 saturated heterocycles. The third kappa shape index (κ3) is 4.64. The van der Waals surface area contributed by atoms with Crippen molar-refractivity contribution in [2.75, 3.05) is 26.9 Å².